The van der Waals surface area contributed by atoms with Crippen LogP contribution in [0.3, 0.4) is 0 Å². The number of aliphatic hydroxyl groups is 1. The van der Waals surface area contributed by atoms with Gasteiger partial charge >= 0.3 is 39.5 Å². The molecule has 0 aromatic carbocycles. The Kier molecular flexibility index (Phi) is 61.6. The van der Waals surface area contributed by atoms with Gasteiger partial charge in [-0.05, 0) is 69.1 Å². The molecule has 0 heterocycles. The maximum atomic E-state index is 13.0. The summed E-state index contributed by atoms with van der Waals surface area (Å²) in [6, 6.07) is 0. The lowest BCUT2D eigenvalue weighted by atomic mass is 9.99. The highest BCUT2D eigenvalue weighted by atomic mass is 31.2. The Bertz CT molecular complexity index is 1900. The van der Waals surface area contributed by atoms with Gasteiger partial charge < -0.3 is 33.8 Å². The normalized spacial score (nSPS) is 14.9. The maximum absolute atomic E-state index is 13.0. The van der Waals surface area contributed by atoms with Gasteiger partial charge in [-0.1, -0.05) is 291 Å². The van der Waals surface area contributed by atoms with Crippen molar-refractivity contribution in [3.63, 3.8) is 0 Å². The molecule has 0 amide bonds. The molecule has 0 spiro atoms. The van der Waals surface area contributed by atoms with Crippen LogP contribution in [0.4, 0.5) is 0 Å². The molecule has 0 rings (SSSR count). The Morgan fingerprint density at radius 2 is 0.641 bits per heavy atom. The average molecular weight is 1350 g/mol. The lowest BCUT2D eigenvalue weighted by Gasteiger charge is -2.21. The molecule has 0 aliphatic heterocycles. The van der Waals surface area contributed by atoms with Crippen molar-refractivity contribution in [3.05, 3.63) is 24.3 Å². The summed E-state index contributed by atoms with van der Waals surface area (Å²) >= 11 is 0. The van der Waals surface area contributed by atoms with E-state index in [0.29, 0.717) is 25.7 Å². The maximum Gasteiger partial charge on any atom is 0.472 e. The van der Waals surface area contributed by atoms with Crippen molar-refractivity contribution in [3.8, 4) is 0 Å². The first-order valence-electron chi connectivity index (χ1n) is 37.2. The fraction of sp³-hybridized carbons (Fsp3) is 0.890. The van der Waals surface area contributed by atoms with Crippen LogP contribution < -0.4 is 0 Å². The fourth-order valence-electron chi connectivity index (χ4n) is 10.5. The smallest absolute Gasteiger partial charge is 0.462 e. The highest BCUT2D eigenvalue weighted by Crippen LogP contribution is 2.45. The monoisotopic (exact) mass is 1350 g/mol. The number of rotatable bonds is 69. The van der Waals surface area contributed by atoms with Crippen LogP contribution in [-0.4, -0.2) is 96.7 Å². The summed E-state index contributed by atoms with van der Waals surface area (Å²) in [4.78, 5) is 72.7. The van der Waals surface area contributed by atoms with Gasteiger partial charge in [0, 0.05) is 25.7 Å². The summed E-state index contributed by atoms with van der Waals surface area (Å²) in [6.07, 6.45) is 50.6. The number of carbonyl (C=O) groups excluding carboxylic acids is 4. The van der Waals surface area contributed by atoms with Gasteiger partial charge in [-0.15, -0.1) is 0 Å². The van der Waals surface area contributed by atoms with Gasteiger partial charge in [-0.2, -0.15) is 0 Å². The molecular formula is C73H138O17P2. The Morgan fingerprint density at radius 3 is 0.967 bits per heavy atom. The van der Waals surface area contributed by atoms with Gasteiger partial charge in [0.05, 0.1) is 26.4 Å². The number of ether oxygens (including phenoxy) is 4. The molecule has 17 nitrogen and oxygen atoms in total. The van der Waals surface area contributed by atoms with E-state index < -0.39 is 97.5 Å². The van der Waals surface area contributed by atoms with E-state index in [1.54, 1.807) is 0 Å². The Labute approximate surface area is 561 Å². The Hall–Kier alpha value is -2.46. The first-order chi connectivity index (χ1) is 44.3. The molecule has 92 heavy (non-hydrogen) atoms. The second kappa shape index (κ2) is 63.3. The molecule has 542 valence electrons. The third-order valence-electron chi connectivity index (χ3n) is 17.0. The number of phosphoric acid groups is 2. The van der Waals surface area contributed by atoms with Gasteiger partial charge in [0.1, 0.15) is 19.3 Å². The van der Waals surface area contributed by atoms with Crippen LogP contribution in [0.5, 0.6) is 0 Å². The Balaban J connectivity index is 5.31. The lowest BCUT2D eigenvalue weighted by Crippen LogP contribution is -2.30. The third kappa shape index (κ3) is 63.6. The first-order valence-corrected chi connectivity index (χ1v) is 40.2. The third-order valence-corrected chi connectivity index (χ3v) is 18.9. The van der Waals surface area contributed by atoms with Gasteiger partial charge in [0.25, 0.3) is 0 Å². The number of phosphoric ester groups is 2. The molecule has 0 aliphatic rings. The molecule has 0 aromatic heterocycles. The molecule has 0 aliphatic carbocycles. The van der Waals surface area contributed by atoms with Crippen LogP contribution in [0.25, 0.3) is 0 Å². The van der Waals surface area contributed by atoms with Crippen LogP contribution in [0, 0.1) is 17.8 Å². The highest BCUT2D eigenvalue weighted by molar-refractivity contribution is 7.47. The summed E-state index contributed by atoms with van der Waals surface area (Å²) in [5.41, 5.74) is 0. The van der Waals surface area contributed by atoms with Crippen LogP contribution in [0.2, 0.25) is 0 Å². The quantitative estimate of drug-likeness (QED) is 0.0169. The van der Waals surface area contributed by atoms with Gasteiger partial charge in [-0.3, -0.25) is 37.3 Å². The average Bonchev–Trinajstić information content (AvgIpc) is 3.57. The van der Waals surface area contributed by atoms with Crippen molar-refractivity contribution in [1.82, 2.24) is 0 Å². The van der Waals surface area contributed by atoms with Crippen LogP contribution in [-0.2, 0) is 65.4 Å². The predicted octanol–water partition coefficient (Wildman–Crippen LogP) is 20.6. The van der Waals surface area contributed by atoms with E-state index in [1.807, 2.05) is 0 Å². The number of carbonyl (C=O) groups is 4. The molecule has 0 saturated carbocycles. The summed E-state index contributed by atoms with van der Waals surface area (Å²) < 4.78 is 68.4. The van der Waals surface area contributed by atoms with E-state index in [0.717, 1.165) is 120 Å². The van der Waals surface area contributed by atoms with E-state index in [2.05, 4.69) is 72.8 Å². The molecule has 5 unspecified atom stereocenters. The minimum Gasteiger partial charge on any atom is -0.462 e. The largest absolute Gasteiger partial charge is 0.472 e. The van der Waals surface area contributed by atoms with E-state index in [-0.39, 0.29) is 25.7 Å². The summed E-state index contributed by atoms with van der Waals surface area (Å²) in [5, 5.41) is 10.6. The first kappa shape index (κ1) is 89.5. The van der Waals surface area contributed by atoms with Crippen LogP contribution >= 0.6 is 15.6 Å². The van der Waals surface area contributed by atoms with Crippen LogP contribution in [0.1, 0.15) is 344 Å². The number of allylic oxidation sites excluding steroid dienone is 4. The van der Waals surface area contributed by atoms with Gasteiger partial charge in [-0.25, -0.2) is 9.13 Å². The molecule has 0 saturated heterocycles. The molecule has 7 atom stereocenters. The topological polar surface area (TPSA) is 237 Å². The highest BCUT2D eigenvalue weighted by Gasteiger charge is 2.30. The van der Waals surface area contributed by atoms with Crippen molar-refractivity contribution in [1.29, 1.82) is 0 Å². The molecule has 0 fully saturated rings. The molecule has 0 bridgehead atoms. The van der Waals surface area contributed by atoms with E-state index in [1.165, 1.54) is 141 Å². The number of unbranched alkanes of at least 4 members (excludes halogenated alkanes) is 32. The summed E-state index contributed by atoms with van der Waals surface area (Å²) in [7, 11) is -9.92. The van der Waals surface area contributed by atoms with Crippen molar-refractivity contribution in [2.24, 2.45) is 17.8 Å². The SMILES string of the molecule is CCCCCC/C=C\C=C/CCCCCCCC(=O)O[C@H](COC(=O)CCCCCCCCCCC(C)CC)COP(=O)(O)OCC(O)COP(=O)(O)OC[C@@H](COC(=O)CCCCCCCCCCC(C)C)OC(=O)CCCCCCCCCCCCC(C)CC. The van der Waals surface area contributed by atoms with Gasteiger partial charge in [0.2, 0.25) is 0 Å². The lowest BCUT2D eigenvalue weighted by molar-refractivity contribution is -0.161. The van der Waals surface area contributed by atoms with Gasteiger partial charge in [0.15, 0.2) is 12.2 Å². The minimum absolute atomic E-state index is 0.0841. The summed E-state index contributed by atoms with van der Waals surface area (Å²) in [5.74, 6) is 0.147. The van der Waals surface area contributed by atoms with E-state index >= 15 is 0 Å². The second-order valence-electron chi connectivity index (χ2n) is 26.6. The zero-order chi connectivity index (χ0) is 68.0. The molecule has 0 radical (unpaired) electrons. The zero-order valence-electron chi connectivity index (χ0n) is 59.5. The number of esters is 4. The zero-order valence-corrected chi connectivity index (χ0v) is 61.3. The van der Waals surface area contributed by atoms with E-state index in [9.17, 15) is 43.2 Å². The minimum atomic E-state index is -4.96. The second-order valence-corrected chi connectivity index (χ2v) is 29.5. The van der Waals surface area contributed by atoms with Crippen molar-refractivity contribution in [2.45, 2.75) is 362 Å². The van der Waals surface area contributed by atoms with Crippen molar-refractivity contribution in [2.75, 3.05) is 39.6 Å². The van der Waals surface area contributed by atoms with Crippen molar-refractivity contribution < 1.29 is 80.2 Å². The molecule has 19 heteroatoms. The summed E-state index contributed by atoms with van der Waals surface area (Å²) in [6.45, 7) is 11.8. The predicted molar refractivity (Wildman–Crippen MR) is 372 cm³/mol. The van der Waals surface area contributed by atoms with Crippen molar-refractivity contribution >= 4 is 39.5 Å². The van der Waals surface area contributed by atoms with Crippen LogP contribution in [0.15, 0.2) is 24.3 Å². The number of hydrogen-bond acceptors (Lipinski definition) is 15. The number of hydrogen-bond donors (Lipinski definition) is 3. The molecular weight excluding hydrogens is 1210 g/mol. The molecule has 3 N–H and O–H groups in total. The number of aliphatic hydroxyl groups excluding tert-OH is 1. The molecule has 0 aromatic rings. The Morgan fingerprint density at radius 1 is 0.359 bits per heavy atom. The standard InChI is InChI=1S/C73H138O17P2/c1-8-11-12-13-14-15-16-17-18-19-20-24-35-42-49-56-72(77)89-69(61-84-71(76)55-48-41-34-29-27-32-39-46-53-66(7)10-3)63-88-92(81,82)86-59-67(74)58-85-91(79,80)87-62-68(60-83-70(75)54-47-40-33-28-26-30-37-44-51-64(4)5)90-73(78)57-50-43-36-25-22-21-23-31-38-45-52-65(6)9-2/h15-18,64-69,74H,8-14,19-63H2,1-7H3,(H,79,80)(H,81,82)/b16-15-,18-17-/t65?,66?,67?,68-,69-/m1/s1. The fourth-order valence-corrected chi connectivity index (χ4v) is 12.0. The van der Waals surface area contributed by atoms with E-state index in [4.69, 9.17) is 37.0 Å².